The molecule has 3 N–H and O–H groups in total. The van der Waals surface area contributed by atoms with Crippen LogP contribution >= 0.6 is 11.6 Å². The first-order valence-electron chi connectivity index (χ1n) is 8.84. The molecule has 27 heavy (non-hydrogen) atoms. The van der Waals surface area contributed by atoms with Crippen molar-refractivity contribution in [2.45, 2.75) is 56.4 Å². The van der Waals surface area contributed by atoms with Gasteiger partial charge < -0.3 is 15.5 Å². The molecule has 150 valence electrons. The van der Waals surface area contributed by atoms with Gasteiger partial charge in [-0.25, -0.2) is 0 Å². The average Bonchev–Trinajstić information content (AvgIpc) is 2.59. The number of rotatable bonds is 6. The fraction of sp³-hybridized carbons (Fsp3) is 0.526. The highest BCUT2D eigenvalue weighted by Gasteiger charge is 2.38. The highest BCUT2D eigenvalue weighted by molar-refractivity contribution is 6.30. The molecule has 0 radical (unpaired) electrons. The third-order valence-corrected chi connectivity index (χ3v) is 4.81. The largest absolute Gasteiger partial charge is 0.471 e. The minimum Gasteiger partial charge on any atom is -0.388 e. The SMILES string of the molecule is O=C(NCCC(O)c1cc(Cl)cc(C=CC2(O)CCCCC2)c1)C(F)(F)F. The van der Waals surface area contributed by atoms with Crippen molar-refractivity contribution in [3.63, 3.8) is 0 Å². The summed E-state index contributed by atoms with van der Waals surface area (Å²) in [6.45, 7) is -0.322. The molecule has 1 atom stereocenters. The van der Waals surface area contributed by atoms with E-state index in [-0.39, 0.29) is 13.0 Å². The Bertz CT molecular complexity index is 685. The molecule has 1 amide bonds. The second-order valence-electron chi connectivity index (χ2n) is 6.87. The number of benzene rings is 1. The number of aliphatic hydroxyl groups excluding tert-OH is 1. The lowest BCUT2D eigenvalue weighted by Gasteiger charge is -2.28. The molecule has 0 heterocycles. The molecule has 1 saturated carbocycles. The standard InChI is InChI=1S/C19H23ClF3NO3/c20-15-11-13(4-8-18(27)6-2-1-3-7-18)10-14(12-15)16(25)5-9-24-17(26)19(21,22)23/h4,8,10-12,16,25,27H,1-3,5-7,9H2,(H,24,26). The van der Waals surface area contributed by atoms with E-state index in [9.17, 15) is 28.2 Å². The number of amides is 1. The van der Waals surface area contributed by atoms with Gasteiger partial charge in [0, 0.05) is 11.6 Å². The van der Waals surface area contributed by atoms with Crippen LogP contribution in [0.3, 0.4) is 0 Å². The summed E-state index contributed by atoms with van der Waals surface area (Å²) < 4.78 is 36.5. The zero-order chi connectivity index (χ0) is 20.1. The molecule has 1 aromatic carbocycles. The summed E-state index contributed by atoms with van der Waals surface area (Å²) in [6.07, 6.45) is 1.77. The summed E-state index contributed by atoms with van der Waals surface area (Å²) in [5.41, 5.74) is 0.259. The summed E-state index contributed by atoms with van der Waals surface area (Å²) >= 11 is 6.07. The normalized spacial score (nSPS) is 18.4. The van der Waals surface area contributed by atoms with Crippen molar-refractivity contribution in [1.82, 2.24) is 5.32 Å². The minimum atomic E-state index is -4.95. The fourth-order valence-corrected chi connectivity index (χ4v) is 3.35. The number of alkyl halides is 3. The number of hydrogen-bond acceptors (Lipinski definition) is 3. The van der Waals surface area contributed by atoms with E-state index in [4.69, 9.17) is 11.6 Å². The highest BCUT2D eigenvalue weighted by atomic mass is 35.5. The van der Waals surface area contributed by atoms with Gasteiger partial charge in [-0.2, -0.15) is 13.2 Å². The van der Waals surface area contributed by atoms with Crippen LogP contribution in [0.2, 0.25) is 5.02 Å². The lowest BCUT2D eigenvalue weighted by atomic mass is 9.84. The van der Waals surface area contributed by atoms with Crippen LogP contribution in [0.25, 0.3) is 6.08 Å². The maximum Gasteiger partial charge on any atom is 0.471 e. The molecule has 1 aliphatic carbocycles. The van der Waals surface area contributed by atoms with Gasteiger partial charge in [-0.1, -0.05) is 43.0 Å². The van der Waals surface area contributed by atoms with E-state index in [0.717, 1.165) is 19.3 Å². The predicted octanol–water partition coefficient (Wildman–Crippen LogP) is 4.15. The third kappa shape index (κ3) is 6.83. The zero-order valence-corrected chi connectivity index (χ0v) is 15.5. The first kappa shape index (κ1) is 21.7. The molecule has 0 spiro atoms. The lowest BCUT2D eigenvalue weighted by Crippen LogP contribution is -2.37. The number of nitrogens with one attached hydrogen (secondary N) is 1. The lowest BCUT2D eigenvalue weighted by molar-refractivity contribution is -0.173. The molecule has 2 rings (SSSR count). The van der Waals surface area contributed by atoms with Gasteiger partial charge >= 0.3 is 12.1 Å². The Morgan fingerprint density at radius 2 is 1.93 bits per heavy atom. The first-order chi connectivity index (χ1) is 12.6. The van der Waals surface area contributed by atoms with E-state index in [1.54, 1.807) is 29.6 Å². The summed E-state index contributed by atoms with van der Waals surface area (Å²) in [5, 5.41) is 22.8. The van der Waals surface area contributed by atoms with Crippen LogP contribution in [-0.2, 0) is 4.79 Å². The van der Waals surface area contributed by atoms with Gasteiger partial charge in [0.05, 0.1) is 11.7 Å². The monoisotopic (exact) mass is 405 g/mol. The summed E-state index contributed by atoms with van der Waals surface area (Å²) in [7, 11) is 0. The molecule has 8 heteroatoms. The minimum absolute atomic E-state index is 0.0880. The topological polar surface area (TPSA) is 69.6 Å². The van der Waals surface area contributed by atoms with Crippen LogP contribution in [0, 0.1) is 0 Å². The van der Waals surface area contributed by atoms with Crippen LogP contribution in [0.15, 0.2) is 24.3 Å². The van der Waals surface area contributed by atoms with Crippen molar-refractivity contribution in [3.05, 3.63) is 40.4 Å². The molecule has 4 nitrogen and oxygen atoms in total. The second-order valence-corrected chi connectivity index (χ2v) is 7.31. The van der Waals surface area contributed by atoms with Crippen molar-refractivity contribution < 1.29 is 28.2 Å². The molecule has 0 aromatic heterocycles. The van der Waals surface area contributed by atoms with Crippen LogP contribution in [0.4, 0.5) is 13.2 Å². The molecule has 1 unspecified atom stereocenters. The Morgan fingerprint density at radius 3 is 2.56 bits per heavy atom. The number of halogens is 4. The first-order valence-corrected chi connectivity index (χ1v) is 9.22. The van der Waals surface area contributed by atoms with Crippen molar-refractivity contribution in [3.8, 4) is 0 Å². The van der Waals surface area contributed by atoms with E-state index in [0.29, 0.717) is 29.0 Å². The Hall–Kier alpha value is -1.57. The second kappa shape index (κ2) is 9.08. The van der Waals surface area contributed by atoms with Gasteiger partial charge in [-0.05, 0) is 48.6 Å². The van der Waals surface area contributed by atoms with Crippen LogP contribution in [0.1, 0.15) is 55.8 Å². The Kier molecular flexibility index (Phi) is 7.31. The Labute approximate surface area is 161 Å². The predicted molar refractivity (Wildman–Crippen MR) is 97.2 cm³/mol. The summed E-state index contributed by atoms with van der Waals surface area (Å²) in [4.78, 5) is 10.8. The van der Waals surface area contributed by atoms with Crippen molar-refractivity contribution in [1.29, 1.82) is 0 Å². The average molecular weight is 406 g/mol. The van der Waals surface area contributed by atoms with Gasteiger partial charge in [0.2, 0.25) is 0 Å². The Balaban J connectivity index is 2.00. The van der Waals surface area contributed by atoms with Crippen LogP contribution < -0.4 is 5.32 Å². The smallest absolute Gasteiger partial charge is 0.388 e. The zero-order valence-electron chi connectivity index (χ0n) is 14.7. The van der Waals surface area contributed by atoms with Crippen LogP contribution in [0.5, 0.6) is 0 Å². The maximum absolute atomic E-state index is 12.2. The van der Waals surface area contributed by atoms with E-state index < -0.39 is 23.8 Å². The molecular weight excluding hydrogens is 383 g/mol. The fourth-order valence-electron chi connectivity index (χ4n) is 3.10. The highest BCUT2D eigenvalue weighted by Crippen LogP contribution is 2.30. The van der Waals surface area contributed by atoms with Gasteiger partial charge in [-0.15, -0.1) is 0 Å². The number of hydrogen-bond donors (Lipinski definition) is 3. The number of carbonyl (C=O) groups excluding carboxylic acids is 1. The molecule has 0 aliphatic heterocycles. The molecule has 1 aromatic rings. The Morgan fingerprint density at radius 1 is 1.26 bits per heavy atom. The van der Waals surface area contributed by atoms with E-state index in [2.05, 4.69) is 0 Å². The summed E-state index contributed by atoms with van der Waals surface area (Å²) in [5.74, 6) is -2.04. The van der Waals surface area contributed by atoms with Crippen LogP contribution in [-0.4, -0.2) is 34.4 Å². The number of aliphatic hydroxyl groups is 2. The maximum atomic E-state index is 12.2. The molecule has 1 fully saturated rings. The van der Waals surface area contributed by atoms with E-state index >= 15 is 0 Å². The van der Waals surface area contributed by atoms with E-state index in [1.165, 1.54) is 6.07 Å². The van der Waals surface area contributed by atoms with Gasteiger partial charge in [0.25, 0.3) is 0 Å². The molecule has 1 aliphatic rings. The van der Waals surface area contributed by atoms with E-state index in [1.807, 2.05) is 0 Å². The van der Waals surface area contributed by atoms with Crippen molar-refractivity contribution >= 4 is 23.6 Å². The summed E-state index contributed by atoms with van der Waals surface area (Å²) in [6, 6.07) is 4.85. The van der Waals surface area contributed by atoms with Crippen molar-refractivity contribution in [2.75, 3.05) is 6.54 Å². The third-order valence-electron chi connectivity index (χ3n) is 4.59. The number of carbonyl (C=O) groups is 1. The molecular formula is C19H23ClF3NO3. The quantitative estimate of drug-likeness (QED) is 0.666. The van der Waals surface area contributed by atoms with Gasteiger partial charge in [0.1, 0.15) is 0 Å². The molecule has 0 bridgehead atoms. The molecule has 0 saturated heterocycles. The van der Waals surface area contributed by atoms with Gasteiger partial charge in [-0.3, -0.25) is 4.79 Å². The van der Waals surface area contributed by atoms with Gasteiger partial charge in [0.15, 0.2) is 0 Å². The van der Waals surface area contributed by atoms with Crippen molar-refractivity contribution in [2.24, 2.45) is 0 Å².